The minimum absolute atomic E-state index is 0.717. The lowest BCUT2D eigenvalue weighted by molar-refractivity contribution is 0.249. The van der Waals surface area contributed by atoms with Crippen LogP contribution in [0.3, 0.4) is 0 Å². The second kappa shape index (κ2) is 8.93. The molecule has 0 amide bonds. The van der Waals surface area contributed by atoms with Crippen LogP contribution in [0.15, 0.2) is 0 Å². The number of hydrogen-bond donors (Lipinski definition) is 1. The first-order chi connectivity index (χ1) is 8.24. The molecule has 0 radical (unpaired) electrons. The summed E-state index contributed by atoms with van der Waals surface area (Å²) in [5, 5.41) is 3.65. The van der Waals surface area contributed by atoms with Crippen LogP contribution in [0.2, 0.25) is 0 Å². The molecule has 0 bridgehead atoms. The molecule has 0 heterocycles. The van der Waals surface area contributed by atoms with E-state index in [0.29, 0.717) is 0 Å². The van der Waals surface area contributed by atoms with Gasteiger partial charge in [-0.1, -0.05) is 32.6 Å². The number of nitrogens with one attached hydrogen (secondary N) is 1. The molecule has 1 aliphatic carbocycles. The van der Waals surface area contributed by atoms with Crippen molar-refractivity contribution in [3.8, 4) is 0 Å². The molecular weight excluding hydrogens is 208 g/mol. The molecule has 17 heavy (non-hydrogen) atoms. The molecule has 0 aromatic heterocycles. The van der Waals surface area contributed by atoms with Gasteiger partial charge in [-0.05, 0) is 45.7 Å². The lowest BCUT2D eigenvalue weighted by Crippen LogP contribution is -2.36. The third kappa shape index (κ3) is 6.42. The first-order valence-electron chi connectivity index (χ1n) is 7.65. The highest BCUT2D eigenvalue weighted by molar-refractivity contribution is 4.68. The topological polar surface area (TPSA) is 15.3 Å². The Labute approximate surface area is 108 Å². The second-order valence-corrected chi connectivity index (χ2v) is 5.80. The predicted octanol–water partition coefficient (Wildman–Crippen LogP) is 3.28. The van der Waals surface area contributed by atoms with E-state index in [9.17, 15) is 0 Å². The van der Waals surface area contributed by atoms with Crippen LogP contribution < -0.4 is 5.32 Å². The Bertz CT molecular complexity index is 174. The second-order valence-electron chi connectivity index (χ2n) is 5.80. The van der Waals surface area contributed by atoms with E-state index in [1.54, 1.807) is 0 Å². The van der Waals surface area contributed by atoms with E-state index in [-0.39, 0.29) is 0 Å². The van der Waals surface area contributed by atoms with E-state index in [1.807, 2.05) is 0 Å². The highest BCUT2D eigenvalue weighted by Crippen LogP contribution is 2.21. The molecule has 1 unspecified atom stereocenters. The summed E-state index contributed by atoms with van der Waals surface area (Å²) >= 11 is 0. The Balaban J connectivity index is 2.02. The van der Waals surface area contributed by atoms with Gasteiger partial charge in [-0.25, -0.2) is 0 Å². The zero-order valence-electron chi connectivity index (χ0n) is 12.2. The summed E-state index contributed by atoms with van der Waals surface area (Å²) in [4.78, 5) is 2.46. The molecule has 0 aliphatic heterocycles. The Hall–Kier alpha value is -0.0800. The van der Waals surface area contributed by atoms with Crippen molar-refractivity contribution in [3.05, 3.63) is 0 Å². The van der Waals surface area contributed by atoms with Gasteiger partial charge in [0.15, 0.2) is 0 Å². The fourth-order valence-corrected chi connectivity index (χ4v) is 2.66. The summed E-state index contributed by atoms with van der Waals surface area (Å²) in [5.74, 6) is 0.950. The van der Waals surface area contributed by atoms with Crippen LogP contribution in [0.1, 0.15) is 58.8 Å². The number of rotatable bonds is 7. The summed E-state index contributed by atoms with van der Waals surface area (Å²) in [6.45, 7) is 8.15. The zero-order valence-corrected chi connectivity index (χ0v) is 12.2. The molecule has 1 N–H and O–H groups in total. The highest BCUT2D eigenvalue weighted by atomic mass is 15.1. The van der Waals surface area contributed by atoms with Crippen molar-refractivity contribution in [2.45, 2.75) is 64.8 Å². The van der Waals surface area contributed by atoms with Gasteiger partial charge < -0.3 is 10.2 Å². The van der Waals surface area contributed by atoms with Crippen molar-refractivity contribution < 1.29 is 0 Å². The molecule has 0 aromatic rings. The van der Waals surface area contributed by atoms with Crippen LogP contribution in [-0.4, -0.2) is 37.6 Å². The first-order valence-corrected chi connectivity index (χ1v) is 7.65. The van der Waals surface area contributed by atoms with E-state index in [0.717, 1.165) is 18.5 Å². The van der Waals surface area contributed by atoms with Gasteiger partial charge >= 0.3 is 0 Å². The summed E-state index contributed by atoms with van der Waals surface area (Å²) in [6.07, 6.45) is 10.0. The van der Waals surface area contributed by atoms with Crippen molar-refractivity contribution in [2.75, 3.05) is 26.7 Å². The number of nitrogens with zero attached hydrogens (tertiary/aromatic N) is 1. The predicted molar refractivity (Wildman–Crippen MR) is 76.4 cm³/mol. The maximum atomic E-state index is 3.65. The lowest BCUT2D eigenvalue weighted by Gasteiger charge is -2.24. The molecule has 0 aromatic carbocycles. The molecule has 1 fully saturated rings. The Kier molecular flexibility index (Phi) is 7.87. The monoisotopic (exact) mass is 240 g/mol. The molecular formula is C15H32N2. The van der Waals surface area contributed by atoms with Gasteiger partial charge in [0.2, 0.25) is 0 Å². The zero-order chi connectivity index (χ0) is 12.5. The summed E-state index contributed by atoms with van der Waals surface area (Å²) in [6, 6.07) is 0.717. The lowest BCUT2D eigenvalue weighted by atomic mass is 10.0. The average molecular weight is 240 g/mol. The molecule has 102 valence electrons. The molecule has 2 heteroatoms. The van der Waals surface area contributed by atoms with Crippen LogP contribution >= 0.6 is 0 Å². The highest BCUT2D eigenvalue weighted by Gasteiger charge is 2.11. The summed E-state index contributed by atoms with van der Waals surface area (Å²) in [7, 11) is 2.24. The molecule has 1 atom stereocenters. The fourth-order valence-electron chi connectivity index (χ4n) is 2.66. The van der Waals surface area contributed by atoms with Crippen molar-refractivity contribution in [3.63, 3.8) is 0 Å². The van der Waals surface area contributed by atoms with Crippen LogP contribution in [0, 0.1) is 5.92 Å². The quantitative estimate of drug-likeness (QED) is 0.543. The van der Waals surface area contributed by atoms with Crippen LogP contribution in [0.4, 0.5) is 0 Å². The van der Waals surface area contributed by atoms with Gasteiger partial charge in [0, 0.05) is 19.1 Å². The number of likely N-dealkylation sites (N-methyl/N-ethyl adjacent to an activating group) is 1. The SMILES string of the molecule is CCC(C)N(C)CCNCC1CCCCCC1. The van der Waals surface area contributed by atoms with Crippen LogP contribution in [0.5, 0.6) is 0 Å². The Morgan fingerprint density at radius 3 is 2.41 bits per heavy atom. The van der Waals surface area contributed by atoms with Gasteiger partial charge in [-0.2, -0.15) is 0 Å². The molecule has 2 nitrogen and oxygen atoms in total. The van der Waals surface area contributed by atoms with E-state index in [4.69, 9.17) is 0 Å². The van der Waals surface area contributed by atoms with Gasteiger partial charge in [0.25, 0.3) is 0 Å². The largest absolute Gasteiger partial charge is 0.315 e. The molecule has 1 saturated carbocycles. The maximum Gasteiger partial charge on any atom is 0.0107 e. The summed E-state index contributed by atoms with van der Waals surface area (Å²) in [5.41, 5.74) is 0. The van der Waals surface area contributed by atoms with E-state index < -0.39 is 0 Å². The maximum absolute atomic E-state index is 3.65. The Morgan fingerprint density at radius 1 is 1.18 bits per heavy atom. The third-order valence-corrected chi connectivity index (χ3v) is 4.39. The molecule has 0 spiro atoms. The Morgan fingerprint density at radius 2 is 1.82 bits per heavy atom. The number of hydrogen-bond acceptors (Lipinski definition) is 2. The normalized spacial score (nSPS) is 20.5. The smallest absolute Gasteiger partial charge is 0.0107 e. The van der Waals surface area contributed by atoms with Crippen LogP contribution in [0.25, 0.3) is 0 Å². The molecule has 0 saturated heterocycles. The van der Waals surface area contributed by atoms with Gasteiger partial charge in [-0.3, -0.25) is 0 Å². The summed E-state index contributed by atoms with van der Waals surface area (Å²) < 4.78 is 0. The van der Waals surface area contributed by atoms with Gasteiger partial charge in [0.1, 0.15) is 0 Å². The van der Waals surface area contributed by atoms with Crippen molar-refractivity contribution in [1.29, 1.82) is 0 Å². The van der Waals surface area contributed by atoms with Crippen molar-refractivity contribution in [2.24, 2.45) is 5.92 Å². The van der Waals surface area contributed by atoms with E-state index >= 15 is 0 Å². The van der Waals surface area contributed by atoms with Crippen LogP contribution in [-0.2, 0) is 0 Å². The van der Waals surface area contributed by atoms with E-state index in [1.165, 1.54) is 58.0 Å². The minimum atomic E-state index is 0.717. The van der Waals surface area contributed by atoms with Crippen molar-refractivity contribution in [1.82, 2.24) is 10.2 Å². The average Bonchev–Trinajstić information content (AvgIpc) is 2.61. The molecule has 1 aliphatic rings. The first kappa shape index (κ1) is 15.0. The third-order valence-electron chi connectivity index (χ3n) is 4.39. The standard InChI is InChI=1S/C15H32N2/c1-4-14(2)17(3)12-11-16-13-15-9-7-5-6-8-10-15/h14-16H,4-13H2,1-3H3. The van der Waals surface area contributed by atoms with Crippen molar-refractivity contribution >= 4 is 0 Å². The van der Waals surface area contributed by atoms with Gasteiger partial charge in [0.05, 0.1) is 0 Å². The van der Waals surface area contributed by atoms with Gasteiger partial charge in [-0.15, -0.1) is 0 Å². The van der Waals surface area contributed by atoms with E-state index in [2.05, 4.69) is 31.1 Å². The fraction of sp³-hybridized carbons (Fsp3) is 1.00. The molecule has 1 rings (SSSR count). The minimum Gasteiger partial charge on any atom is -0.315 e.